The van der Waals surface area contributed by atoms with Crippen LogP contribution in [0.15, 0.2) is 188 Å². The van der Waals surface area contributed by atoms with Gasteiger partial charge in [0.1, 0.15) is 0 Å². The first-order valence-corrected chi connectivity index (χ1v) is 18.6. The molecule has 0 bridgehead atoms. The van der Waals surface area contributed by atoms with Gasteiger partial charge in [-0.3, -0.25) is 4.98 Å². The van der Waals surface area contributed by atoms with Gasteiger partial charge in [0, 0.05) is 54.8 Å². The molecule has 0 saturated carbocycles. The molecule has 10 aromatic rings. The standard InChI is InChI=1S/C49H31N3S/c1-2-14-33(15-3-1)49-51-45(30-46(52-49)42-20-7-6-19-39(42)34-17-12-26-50-31-34)37-28-35(40-22-10-16-32-13-4-5-18-38(32)40)27-36(29-37)41-23-11-24-44-43-21-8-9-25-47(43)53-48(41)44/h1-31H. The molecule has 0 radical (unpaired) electrons. The summed E-state index contributed by atoms with van der Waals surface area (Å²) in [6.07, 6.45) is 3.72. The second kappa shape index (κ2) is 13.1. The van der Waals surface area contributed by atoms with Gasteiger partial charge in [0.25, 0.3) is 0 Å². The molecular weight excluding hydrogens is 663 g/mol. The zero-order valence-electron chi connectivity index (χ0n) is 28.6. The molecule has 0 amide bonds. The molecule has 10 rings (SSSR count). The number of fused-ring (bicyclic) bond motifs is 4. The number of hydrogen-bond donors (Lipinski definition) is 0. The number of benzene rings is 7. The largest absolute Gasteiger partial charge is 0.264 e. The molecule has 0 spiro atoms. The third-order valence-corrected chi connectivity index (χ3v) is 11.2. The van der Waals surface area contributed by atoms with Crippen molar-refractivity contribution in [3.63, 3.8) is 0 Å². The Balaban J connectivity index is 1.25. The lowest BCUT2D eigenvalue weighted by molar-refractivity contribution is 1.18. The van der Waals surface area contributed by atoms with Crippen molar-refractivity contribution in [3.05, 3.63) is 188 Å². The molecule has 3 aromatic heterocycles. The van der Waals surface area contributed by atoms with Crippen molar-refractivity contribution >= 4 is 42.3 Å². The van der Waals surface area contributed by atoms with Crippen LogP contribution in [0.25, 0.3) is 98.2 Å². The van der Waals surface area contributed by atoms with Gasteiger partial charge in [-0.25, -0.2) is 9.97 Å². The molecule has 0 fully saturated rings. The van der Waals surface area contributed by atoms with E-state index in [1.54, 1.807) is 0 Å². The summed E-state index contributed by atoms with van der Waals surface area (Å²) in [5.41, 5.74) is 11.6. The van der Waals surface area contributed by atoms with Crippen LogP contribution in [0.3, 0.4) is 0 Å². The van der Waals surface area contributed by atoms with Crippen molar-refractivity contribution in [1.82, 2.24) is 15.0 Å². The van der Waals surface area contributed by atoms with E-state index in [4.69, 9.17) is 9.97 Å². The molecule has 0 N–H and O–H groups in total. The van der Waals surface area contributed by atoms with Gasteiger partial charge in [0.05, 0.1) is 11.4 Å². The molecule has 0 unspecified atom stereocenters. The van der Waals surface area contributed by atoms with Gasteiger partial charge < -0.3 is 0 Å². The van der Waals surface area contributed by atoms with Gasteiger partial charge in [0.15, 0.2) is 5.82 Å². The molecule has 0 aliphatic heterocycles. The lowest BCUT2D eigenvalue weighted by atomic mass is 9.91. The maximum absolute atomic E-state index is 5.31. The number of nitrogens with zero attached hydrogens (tertiary/aromatic N) is 3. The zero-order valence-corrected chi connectivity index (χ0v) is 29.5. The Morgan fingerprint density at radius 1 is 0.377 bits per heavy atom. The minimum atomic E-state index is 0.683. The van der Waals surface area contributed by atoms with E-state index in [0.29, 0.717) is 5.82 Å². The van der Waals surface area contributed by atoms with Crippen LogP contribution in [-0.2, 0) is 0 Å². The minimum Gasteiger partial charge on any atom is -0.264 e. The zero-order chi connectivity index (χ0) is 35.1. The Labute approximate surface area is 311 Å². The third-order valence-electron chi connectivity index (χ3n) is 9.98. The smallest absolute Gasteiger partial charge is 0.160 e. The Morgan fingerprint density at radius 3 is 1.87 bits per heavy atom. The highest BCUT2D eigenvalue weighted by Crippen LogP contribution is 2.43. The Kier molecular flexibility index (Phi) is 7.67. The van der Waals surface area contributed by atoms with Crippen LogP contribution in [0.1, 0.15) is 0 Å². The molecule has 53 heavy (non-hydrogen) atoms. The molecular formula is C49H31N3S. The summed E-state index contributed by atoms with van der Waals surface area (Å²) < 4.78 is 2.58. The van der Waals surface area contributed by atoms with Crippen molar-refractivity contribution in [1.29, 1.82) is 0 Å². The summed E-state index contributed by atoms with van der Waals surface area (Å²) in [6.45, 7) is 0. The van der Waals surface area contributed by atoms with Crippen LogP contribution in [0, 0.1) is 0 Å². The van der Waals surface area contributed by atoms with Crippen LogP contribution in [-0.4, -0.2) is 15.0 Å². The summed E-state index contributed by atoms with van der Waals surface area (Å²) in [5.74, 6) is 0.683. The molecule has 248 valence electrons. The maximum atomic E-state index is 5.31. The molecule has 0 saturated heterocycles. The fourth-order valence-corrected chi connectivity index (χ4v) is 8.71. The van der Waals surface area contributed by atoms with E-state index < -0.39 is 0 Å². The molecule has 0 aliphatic carbocycles. The van der Waals surface area contributed by atoms with Crippen molar-refractivity contribution in [2.24, 2.45) is 0 Å². The average molecular weight is 694 g/mol. The van der Waals surface area contributed by atoms with Gasteiger partial charge in [0.2, 0.25) is 0 Å². The minimum absolute atomic E-state index is 0.683. The topological polar surface area (TPSA) is 38.7 Å². The molecule has 7 aromatic carbocycles. The Bertz CT molecular complexity index is 2940. The fraction of sp³-hybridized carbons (Fsp3) is 0. The second-order valence-electron chi connectivity index (χ2n) is 13.2. The highest BCUT2D eigenvalue weighted by Gasteiger charge is 2.18. The fourth-order valence-electron chi connectivity index (χ4n) is 7.47. The van der Waals surface area contributed by atoms with Gasteiger partial charge in [-0.1, -0.05) is 140 Å². The van der Waals surface area contributed by atoms with Crippen molar-refractivity contribution in [2.75, 3.05) is 0 Å². The highest BCUT2D eigenvalue weighted by molar-refractivity contribution is 7.26. The van der Waals surface area contributed by atoms with Crippen LogP contribution in [0.5, 0.6) is 0 Å². The Hall–Kier alpha value is -6.75. The lowest BCUT2D eigenvalue weighted by Gasteiger charge is -2.15. The number of hydrogen-bond acceptors (Lipinski definition) is 4. The summed E-state index contributed by atoms with van der Waals surface area (Å²) in [5, 5.41) is 5.01. The number of pyridine rings is 1. The van der Waals surface area contributed by atoms with Gasteiger partial charge >= 0.3 is 0 Å². The third kappa shape index (κ3) is 5.66. The SMILES string of the molecule is c1ccc(-c2nc(-c3cc(-c4cccc5ccccc45)cc(-c4cccc5c4sc4ccccc45)c3)cc(-c3ccccc3-c3cccnc3)n2)cc1. The maximum Gasteiger partial charge on any atom is 0.160 e. The monoisotopic (exact) mass is 693 g/mol. The van der Waals surface area contributed by atoms with E-state index in [-0.39, 0.29) is 0 Å². The normalized spacial score (nSPS) is 11.4. The van der Waals surface area contributed by atoms with E-state index in [2.05, 4.69) is 157 Å². The second-order valence-corrected chi connectivity index (χ2v) is 14.3. The predicted octanol–water partition coefficient (Wildman–Crippen LogP) is 13.4. The molecule has 3 nitrogen and oxygen atoms in total. The van der Waals surface area contributed by atoms with Crippen LogP contribution < -0.4 is 0 Å². The van der Waals surface area contributed by atoms with Gasteiger partial charge in [-0.2, -0.15) is 0 Å². The first kappa shape index (κ1) is 31.0. The van der Waals surface area contributed by atoms with Crippen molar-refractivity contribution in [2.45, 2.75) is 0 Å². The van der Waals surface area contributed by atoms with Crippen LogP contribution in [0.4, 0.5) is 0 Å². The van der Waals surface area contributed by atoms with Crippen molar-refractivity contribution < 1.29 is 0 Å². The quantitative estimate of drug-likeness (QED) is 0.174. The number of aromatic nitrogens is 3. The first-order chi connectivity index (χ1) is 26.3. The molecule has 4 heteroatoms. The Morgan fingerprint density at radius 2 is 1.00 bits per heavy atom. The summed E-state index contributed by atoms with van der Waals surface area (Å²) in [4.78, 5) is 15.0. The summed E-state index contributed by atoms with van der Waals surface area (Å²) in [6, 6.07) is 62.5. The molecule has 0 aliphatic rings. The van der Waals surface area contributed by atoms with E-state index in [9.17, 15) is 0 Å². The van der Waals surface area contributed by atoms with Crippen LogP contribution in [0.2, 0.25) is 0 Å². The summed E-state index contributed by atoms with van der Waals surface area (Å²) >= 11 is 1.86. The predicted molar refractivity (Wildman–Crippen MR) is 223 cm³/mol. The van der Waals surface area contributed by atoms with Gasteiger partial charge in [-0.05, 0) is 75.0 Å². The molecule has 0 atom stereocenters. The number of rotatable bonds is 6. The van der Waals surface area contributed by atoms with Crippen LogP contribution >= 0.6 is 11.3 Å². The average Bonchev–Trinajstić information content (AvgIpc) is 3.63. The highest BCUT2D eigenvalue weighted by atomic mass is 32.1. The molecule has 3 heterocycles. The summed E-state index contributed by atoms with van der Waals surface area (Å²) in [7, 11) is 0. The number of thiophene rings is 1. The van der Waals surface area contributed by atoms with E-state index in [0.717, 1.165) is 50.3 Å². The first-order valence-electron chi connectivity index (χ1n) is 17.8. The van der Waals surface area contributed by atoms with E-state index in [1.807, 2.05) is 48.0 Å². The van der Waals surface area contributed by atoms with Crippen molar-refractivity contribution in [3.8, 4) is 67.3 Å². The van der Waals surface area contributed by atoms with E-state index >= 15 is 0 Å². The lowest BCUT2D eigenvalue weighted by Crippen LogP contribution is -1.97. The van der Waals surface area contributed by atoms with Gasteiger partial charge in [-0.15, -0.1) is 11.3 Å². The van der Waals surface area contributed by atoms with E-state index in [1.165, 1.54) is 42.1 Å².